The molecule has 1 fully saturated rings. The lowest BCUT2D eigenvalue weighted by atomic mass is 9.85. The molecule has 11 heteroatoms. The molecule has 0 spiro atoms. The summed E-state index contributed by atoms with van der Waals surface area (Å²) in [7, 11) is 0. The van der Waals surface area contributed by atoms with Crippen molar-refractivity contribution >= 4 is 81.4 Å². The van der Waals surface area contributed by atoms with E-state index in [1.165, 1.54) is 29.2 Å². The smallest absolute Gasteiger partial charge is 0.264 e. The number of amides is 3. The van der Waals surface area contributed by atoms with Crippen LogP contribution in [0.15, 0.2) is 42.5 Å². The van der Waals surface area contributed by atoms with Crippen molar-refractivity contribution in [2.24, 2.45) is 0 Å². The summed E-state index contributed by atoms with van der Waals surface area (Å²) >= 11 is 30.8. The van der Waals surface area contributed by atoms with Gasteiger partial charge in [0.05, 0.1) is 37.3 Å². The van der Waals surface area contributed by atoms with Crippen LogP contribution in [0, 0.1) is 12.7 Å². The predicted molar refractivity (Wildman–Crippen MR) is 134 cm³/mol. The molecule has 2 atom stereocenters. The highest BCUT2D eigenvalue weighted by atomic mass is 35.5. The summed E-state index contributed by atoms with van der Waals surface area (Å²) in [4.78, 5) is 42.6. The lowest BCUT2D eigenvalue weighted by Gasteiger charge is -2.50. The molecular formula is C24H12Cl5FN2O3. The van der Waals surface area contributed by atoms with Gasteiger partial charge in [0.15, 0.2) is 0 Å². The van der Waals surface area contributed by atoms with Crippen LogP contribution in [0.1, 0.15) is 37.9 Å². The highest BCUT2D eigenvalue weighted by Gasteiger charge is 2.58. The first kappa shape index (κ1) is 24.3. The summed E-state index contributed by atoms with van der Waals surface area (Å²) in [5.41, 5.74) is 1.30. The van der Waals surface area contributed by atoms with Crippen LogP contribution < -0.4 is 4.90 Å². The molecule has 178 valence electrons. The molecule has 0 saturated carbocycles. The van der Waals surface area contributed by atoms with E-state index in [4.69, 9.17) is 58.0 Å². The average molecular weight is 573 g/mol. The molecule has 0 unspecified atom stereocenters. The number of hydrogen-bond acceptors (Lipinski definition) is 3. The van der Waals surface area contributed by atoms with Gasteiger partial charge in [-0.05, 0) is 48.4 Å². The number of hydrogen-bond donors (Lipinski definition) is 0. The molecular weight excluding hydrogens is 561 g/mol. The first-order valence-corrected chi connectivity index (χ1v) is 12.0. The predicted octanol–water partition coefficient (Wildman–Crippen LogP) is 7.15. The van der Waals surface area contributed by atoms with Crippen LogP contribution in [-0.4, -0.2) is 28.7 Å². The van der Waals surface area contributed by atoms with Crippen LogP contribution in [0.2, 0.25) is 25.1 Å². The molecule has 2 heterocycles. The summed E-state index contributed by atoms with van der Waals surface area (Å²) in [5, 5.41) is -0.325. The van der Waals surface area contributed by atoms with Crippen molar-refractivity contribution in [3.8, 4) is 0 Å². The fourth-order valence-electron chi connectivity index (χ4n) is 4.49. The van der Waals surface area contributed by atoms with Crippen molar-refractivity contribution in [1.29, 1.82) is 0 Å². The lowest BCUT2D eigenvalue weighted by Crippen LogP contribution is -2.67. The minimum absolute atomic E-state index is 0.173. The van der Waals surface area contributed by atoms with E-state index in [-0.39, 0.29) is 31.2 Å². The molecule has 35 heavy (non-hydrogen) atoms. The molecule has 3 aromatic rings. The SMILES string of the molecule is Cc1cc(Cl)ccc1N1C(=O)[C@@H](N2C(=O)c3c(Cl)c(Cl)c(Cl)c(Cl)c3C2=O)[C@@H]1c1ccc(F)cc1. The Morgan fingerprint density at radius 2 is 1.26 bits per heavy atom. The summed E-state index contributed by atoms with van der Waals surface area (Å²) in [6.07, 6.45) is 0. The maximum atomic E-state index is 13.7. The van der Waals surface area contributed by atoms with Gasteiger partial charge in [0.1, 0.15) is 11.9 Å². The number of anilines is 1. The van der Waals surface area contributed by atoms with Crippen LogP contribution in [0.25, 0.3) is 0 Å². The summed E-state index contributed by atoms with van der Waals surface area (Å²) in [6.45, 7) is 1.77. The number of imide groups is 1. The number of fused-ring (bicyclic) bond motifs is 1. The Kier molecular flexibility index (Phi) is 6.01. The number of halogens is 6. The molecule has 3 amide bonds. The third kappa shape index (κ3) is 3.54. The van der Waals surface area contributed by atoms with E-state index in [1.54, 1.807) is 25.1 Å². The average Bonchev–Trinajstić information content (AvgIpc) is 3.07. The van der Waals surface area contributed by atoms with E-state index in [2.05, 4.69) is 0 Å². The van der Waals surface area contributed by atoms with Crippen molar-refractivity contribution in [1.82, 2.24) is 4.90 Å². The van der Waals surface area contributed by atoms with Gasteiger partial charge in [-0.25, -0.2) is 4.39 Å². The molecule has 0 N–H and O–H groups in total. The number of nitrogens with zero attached hydrogens (tertiary/aromatic N) is 2. The summed E-state index contributed by atoms with van der Waals surface area (Å²) in [5.74, 6) is -2.65. The van der Waals surface area contributed by atoms with E-state index in [9.17, 15) is 18.8 Å². The minimum Gasteiger partial charge on any atom is -0.300 e. The van der Waals surface area contributed by atoms with Gasteiger partial charge in [-0.2, -0.15) is 0 Å². The molecule has 1 saturated heterocycles. The van der Waals surface area contributed by atoms with Gasteiger partial charge in [-0.3, -0.25) is 19.3 Å². The second-order valence-electron chi connectivity index (χ2n) is 8.07. The second kappa shape index (κ2) is 8.64. The topological polar surface area (TPSA) is 57.7 Å². The van der Waals surface area contributed by atoms with Crippen molar-refractivity contribution in [2.45, 2.75) is 19.0 Å². The standard InChI is InChI=1S/C24H12Cl5FN2O3/c1-9-8-11(25)4-7-13(9)31-20(10-2-5-12(30)6-3-10)21(24(31)35)32-22(33)14-15(23(32)34)17(27)19(29)18(28)16(14)26/h2-8,20-21H,1H3/t20-,21-/m0/s1. The minimum atomic E-state index is -1.24. The Hall–Kier alpha value is -2.35. The maximum absolute atomic E-state index is 13.7. The van der Waals surface area contributed by atoms with Crippen molar-refractivity contribution in [3.63, 3.8) is 0 Å². The molecule has 0 aliphatic carbocycles. The Morgan fingerprint density at radius 3 is 1.77 bits per heavy atom. The van der Waals surface area contributed by atoms with Crippen LogP contribution in [-0.2, 0) is 4.79 Å². The van der Waals surface area contributed by atoms with Gasteiger partial charge < -0.3 is 4.90 Å². The zero-order chi connectivity index (χ0) is 25.3. The number of β-lactam (4-membered cyclic amide) rings is 1. The van der Waals surface area contributed by atoms with E-state index in [0.717, 1.165) is 4.90 Å². The van der Waals surface area contributed by atoms with Crippen LogP contribution >= 0.6 is 58.0 Å². The molecule has 5 rings (SSSR count). The lowest BCUT2D eigenvalue weighted by molar-refractivity contribution is -0.130. The largest absolute Gasteiger partial charge is 0.300 e. The number of benzene rings is 3. The van der Waals surface area contributed by atoms with Crippen LogP contribution in [0.3, 0.4) is 0 Å². The van der Waals surface area contributed by atoms with Crippen molar-refractivity contribution in [3.05, 3.63) is 95.6 Å². The first-order chi connectivity index (χ1) is 16.5. The van der Waals surface area contributed by atoms with E-state index in [0.29, 0.717) is 21.8 Å². The number of aryl methyl sites for hydroxylation is 1. The third-order valence-electron chi connectivity index (χ3n) is 6.11. The fraction of sp³-hybridized carbons (Fsp3) is 0.125. The zero-order valence-corrected chi connectivity index (χ0v) is 21.4. The quantitative estimate of drug-likeness (QED) is 0.145. The van der Waals surface area contributed by atoms with Crippen molar-refractivity contribution in [2.75, 3.05) is 4.90 Å². The van der Waals surface area contributed by atoms with Gasteiger partial charge in [-0.15, -0.1) is 0 Å². The summed E-state index contributed by atoms with van der Waals surface area (Å²) in [6, 6.07) is 8.37. The van der Waals surface area contributed by atoms with Gasteiger partial charge in [0.25, 0.3) is 17.7 Å². The Bertz CT molecular complexity index is 1410. The molecule has 0 radical (unpaired) electrons. The normalized spacial score (nSPS) is 19.3. The van der Waals surface area contributed by atoms with Gasteiger partial charge in [0.2, 0.25) is 0 Å². The fourth-order valence-corrected chi connectivity index (χ4v) is 5.73. The second-order valence-corrected chi connectivity index (χ2v) is 10.0. The summed E-state index contributed by atoms with van der Waals surface area (Å²) < 4.78 is 13.7. The van der Waals surface area contributed by atoms with Crippen molar-refractivity contribution < 1.29 is 18.8 Å². The maximum Gasteiger partial charge on any atom is 0.264 e. The van der Waals surface area contributed by atoms with Crippen LogP contribution in [0.4, 0.5) is 10.1 Å². The number of carbonyl (C=O) groups is 3. The van der Waals surface area contributed by atoms with Gasteiger partial charge in [-0.1, -0.05) is 70.1 Å². The Balaban J connectivity index is 1.65. The molecule has 2 aliphatic rings. The van der Waals surface area contributed by atoms with Gasteiger partial charge in [0, 0.05) is 10.7 Å². The first-order valence-electron chi connectivity index (χ1n) is 10.1. The molecule has 0 bridgehead atoms. The third-order valence-corrected chi connectivity index (χ3v) is 8.15. The Labute approximate surface area is 223 Å². The monoisotopic (exact) mass is 570 g/mol. The molecule has 2 aliphatic heterocycles. The van der Waals surface area contributed by atoms with Crippen LogP contribution in [0.5, 0.6) is 0 Å². The van der Waals surface area contributed by atoms with E-state index in [1.807, 2.05) is 0 Å². The zero-order valence-electron chi connectivity index (χ0n) is 17.6. The molecule has 0 aromatic heterocycles. The van der Waals surface area contributed by atoms with E-state index < -0.39 is 35.6 Å². The highest BCUT2D eigenvalue weighted by molar-refractivity contribution is 6.55. The number of carbonyl (C=O) groups excluding carboxylic acids is 3. The highest BCUT2D eigenvalue weighted by Crippen LogP contribution is 2.49. The molecule has 5 nitrogen and oxygen atoms in total. The molecule has 3 aromatic carbocycles. The van der Waals surface area contributed by atoms with E-state index >= 15 is 0 Å². The van der Waals surface area contributed by atoms with Gasteiger partial charge >= 0.3 is 0 Å². The Morgan fingerprint density at radius 1 is 0.714 bits per heavy atom. The number of rotatable bonds is 3.